The third kappa shape index (κ3) is 4.65. The fourth-order valence-corrected chi connectivity index (χ4v) is 2.30. The number of rotatable bonds is 7. The first-order chi connectivity index (χ1) is 11.5. The van der Waals surface area contributed by atoms with Crippen LogP contribution in [0.3, 0.4) is 0 Å². The van der Waals surface area contributed by atoms with Crippen molar-refractivity contribution < 1.29 is 9.53 Å². The molecule has 0 bridgehead atoms. The van der Waals surface area contributed by atoms with Crippen molar-refractivity contribution in [3.8, 4) is 5.75 Å². The molecular weight excluding hydrogens is 302 g/mol. The highest BCUT2D eigenvalue weighted by molar-refractivity contribution is 6.04. The molecule has 0 saturated carbocycles. The van der Waals surface area contributed by atoms with E-state index in [0.29, 0.717) is 29.3 Å². The number of unbranched alkanes of at least 4 members (excludes halogenated alkanes) is 1. The maximum absolute atomic E-state index is 12.4. The van der Waals surface area contributed by atoms with Crippen LogP contribution in [0.1, 0.15) is 30.1 Å². The van der Waals surface area contributed by atoms with Crippen molar-refractivity contribution in [1.29, 1.82) is 0 Å². The SMILES string of the molecule is CCCCOc1cccc(C(=O)Nc2ccc(N(C)C)c(N)c2)c1. The van der Waals surface area contributed by atoms with E-state index in [1.54, 1.807) is 18.2 Å². The fraction of sp³-hybridized carbons (Fsp3) is 0.316. The van der Waals surface area contributed by atoms with Gasteiger partial charge in [0.15, 0.2) is 0 Å². The third-order valence-electron chi connectivity index (χ3n) is 3.63. The predicted molar refractivity (Wildman–Crippen MR) is 100.0 cm³/mol. The molecule has 0 aliphatic carbocycles. The Bertz CT molecular complexity index is 699. The lowest BCUT2D eigenvalue weighted by atomic mass is 10.2. The van der Waals surface area contributed by atoms with Crippen molar-refractivity contribution in [2.75, 3.05) is 36.7 Å². The number of nitrogens with one attached hydrogen (secondary N) is 1. The van der Waals surface area contributed by atoms with Crippen LogP contribution in [-0.4, -0.2) is 26.6 Å². The number of carbonyl (C=O) groups is 1. The van der Waals surface area contributed by atoms with E-state index in [4.69, 9.17) is 10.5 Å². The molecular formula is C19H25N3O2. The molecule has 128 valence electrons. The van der Waals surface area contributed by atoms with Gasteiger partial charge in [-0.2, -0.15) is 0 Å². The summed E-state index contributed by atoms with van der Waals surface area (Å²) in [7, 11) is 3.85. The topological polar surface area (TPSA) is 67.6 Å². The zero-order valence-electron chi connectivity index (χ0n) is 14.5. The summed E-state index contributed by atoms with van der Waals surface area (Å²) in [5, 5.41) is 2.87. The highest BCUT2D eigenvalue weighted by Crippen LogP contribution is 2.25. The van der Waals surface area contributed by atoms with Crippen molar-refractivity contribution in [1.82, 2.24) is 0 Å². The lowest BCUT2D eigenvalue weighted by Crippen LogP contribution is -2.14. The van der Waals surface area contributed by atoms with Gasteiger partial charge in [-0.15, -0.1) is 0 Å². The predicted octanol–water partition coefficient (Wildman–Crippen LogP) is 3.77. The van der Waals surface area contributed by atoms with Gasteiger partial charge in [-0.25, -0.2) is 0 Å². The van der Waals surface area contributed by atoms with E-state index in [1.165, 1.54) is 0 Å². The van der Waals surface area contributed by atoms with Gasteiger partial charge in [0.2, 0.25) is 0 Å². The second kappa shape index (κ2) is 8.24. The zero-order chi connectivity index (χ0) is 17.5. The van der Waals surface area contributed by atoms with Crippen LogP contribution in [0.5, 0.6) is 5.75 Å². The molecule has 5 nitrogen and oxygen atoms in total. The number of hydrogen-bond acceptors (Lipinski definition) is 4. The number of hydrogen-bond donors (Lipinski definition) is 2. The average Bonchev–Trinajstić information content (AvgIpc) is 2.55. The largest absolute Gasteiger partial charge is 0.494 e. The Labute approximate surface area is 143 Å². The van der Waals surface area contributed by atoms with Gasteiger partial charge in [0.05, 0.1) is 18.0 Å². The monoisotopic (exact) mass is 327 g/mol. The molecule has 24 heavy (non-hydrogen) atoms. The van der Waals surface area contributed by atoms with Gasteiger partial charge in [0, 0.05) is 25.3 Å². The molecule has 0 unspecified atom stereocenters. The molecule has 0 aliphatic heterocycles. The van der Waals surface area contributed by atoms with Crippen LogP contribution in [0.2, 0.25) is 0 Å². The number of nitrogens with two attached hydrogens (primary N) is 1. The van der Waals surface area contributed by atoms with Gasteiger partial charge >= 0.3 is 0 Å². The third-order valence-corrected chi connectivity index (χ3v) is 3.63. The summed E-state index contributed by atoms with van der Waals surface area (Å²) in [6, 6.07) is 12.7. The summed E-state index contributed by atoms with van der Waals surface area (Å²) in [5.41, 5.74) is 8.77. The van der Waals surface area contributed by atoms with Crippen molar-refractivity contribution in [2.24, 2.45) is 0 Å². The quantitative estimate of drug-likeness (QED) is 0.600. The molecule has 0 fully saturated rings. The lowest BCUT2D eigenvalue weighted by Gasteiger charge is -2.16. The van der Waals surface area contributed by atoms with E-state index >= 15 is 0 Å². The summed E-state index contributed by atoms with van der Waals surface area (Å²) in [6.07, 6.45) is 2.07. The minimum Gasteiger partial charge on any atom is -0.494 e. The molecule has 2 aromatic carbocycles. The van der Waals surface area contributed by atoms with Crippen LogP contribution in [0, 0.1) is 0 Å². The first-order valence-electron chi connectivity index (χ1n) is 8.12. The van der Waals surface area contributed by atoms with Crippen molar-refractivity contribution in [2.45, 2.75) is 19.8 Å². The number of nitrogens with zero attached hydrogens (tertiary/aromatic N) is 1. The van der Waals surface area contributed by atoms with Crippen LogP contribution >= 0.6 is 0 Å². The van der Waals surface area contributed by atoms with Crippen molar-refractivity contribution in [3.05, 3.63) is 48.0 Å². The Balaban J connectivity index is 2.07. The average molecular weight is 327 g/mol. The number of benzene rings is 2. The van der Waals surface area contributed by atoms with Gasteiger partial charge in [0.1, 0.15) is 5.75 Å². The van der Waals surface area contributed by atoms with E-state index in [2.05, 4.69) is 12.2 Å². The molecule has 0 atom stereocenters. The first-order valence-corrected chi connectivity index (χ1v) is 8.12. The Morgan fingerprint density at radius 1 is 1.21 bits per heavy atom. The molecule has 0 aromatic heterocycles. The highest BCUT2D eigenvalue weighted by Gasteiger charge is 2.09. The Hall–Kier alpha value is -2.69. The highest BCUT2D eigenvalue weighted by atomic mass is 16.5. The standard InChI is InChI=1S/C19H25N3O2/c1-4-5-11-24-16-8-6-7-14(12-16)19(23)21-15-9-10-18(22(2)3)17(20)13-15/h6-10,12-13H,4-5,11,20H2,1-3H3,(H,21,23). The van der Waals surface area contributed by atoms with Crippen LogP contribution < -0.4 is 20.7 Å². The number of nitrogen functional groups attached to an aromatic ring is 1. The maximum atomic E-state index is 12.4. The zero-order valence-corrected chi connectivity index (χ0v) is 14.5. The van der Waals surface area contributed by atoms with Gasteiger partial charge in [-0.05, 0) is 42.8 Å². The van der Waals surface area contributed by atoms with E-state index in [1.807, 2.05) is 43.3 Å². The maximum Gasteiger partial charge on any atom is 0.255 e. The molecule has 2 aromatic rings. The van der Waals surface area contributed by atoms with Crippen LogP contribution in [-0.2, 0) is 0 Å². The minimum atomic E-state index is -0.187. The number of amides is 1. The van der Waals surface area contributed by atoms with Gasteiger partial charge < -0.3 is 20.7 Å². The van der Waals surface area contributed by atoms with E-state index < -0.39 is 0 Å². The second-order valence-electron chi connectivity index (χ2n) is 5.85. The minimum absolute atomic E-state index is 0.187. The van der Waals surface area contributed by atoms with Gasteiger partial charge in [0.25, 0.3) is 5.91 Å². The molecule has 1 amide bonds. The van der Waals surface area contributed by atoms with Crippen molar-refractivity contribution in [3.63, 3.8) is 0 Å². The van der Waals surface area contributed by atoms with Crippen LogP contribution in [0.15, 0.2) is 42.5 Å². The number of ether oxygens (including phenoxy) is 1. The molecule has 0 saturated heterocycles. The summed E-state index contributed by atoms with van der Waals surface area (Å²) in [6.45, 7) is 2.77. The normalized spacial score (nSPS) is 10.3. The van der Waals surface area contributed by atoms with Crippen LogP contribution in [0.4, 0.5) is 17.1 Å². The summed E-state index contributed by atoms with van der Waals surface area (Å²) < 4.78 is 5.64. The van der Waals surface area contributed by atoms with E-state index in [0.717, 1.165) is 18.5 Å². The number of anilines is 3. The van der Waals surface area contributed by atoms with Gasteiger partial charge in [-0.3, -0.25) is 4.79 Å². The summed E-state index contributed by atoms with van der Waals surface area (Å²) in [4.78, 5) is 14.3. The Morgan fingerprint density at radius 2 is 2.00 bits per heavy atom. The first kappa shape index (κ1) is 17.7. The lowest BCUT2D eigenvalue weighted by molar-refractivity contribution is 0.102. The molecule has 0 heterocycles. The summed E-state index contributed by atoms with van der Waals surface area (Å²) in [5.74, 6) is 0.520. The van der Waals surface area contributed by atoms with E-state index in [-0.39, 0.29) is 5.91 Å². The second-order valence-corrected chi connectivity index (χ2v) is 5.85. The smallest absolute Gasteiger partial charge is 0.255 e. The van der Waals surface area contributed by atoms with Crippen molar-refractivity contribution >= 4 is 23.0 Å². The Kier molecular flexibility index (Phi) is 6.07. The molecule has 0 spiro atoms. The molecule has 3 N–H and O–H groups in total. The molecule has 0 radical (unpaired) electrons. The number of carbonyl (C=O) groups excluding carboxylic acids is 1. The summed E-state index contributed by atoms with van der Waals surface area (Å²) >= 11 is 0. The molecule has 0 aliphatic rings. The van der Waals surface area contributed by atoms with Crippen LogP contribution in [0.25, 0.3) is 0 Å². The fourth-order valence-electron chi connectivity index (χ4n) is 2.30. The van der Waals surface area contributed by atoms with E-state index in [9.17, 15) is 4.79 Å². The molecule has 2 rings (SSSR count). The van der Waals surface area contributed by atoms with Gasteiger partial charge in [-0.1, -0.05) is 19.4 Å². The molecule has 5 heteroatoms. The Morgan fingerprint density at radius 3 is 2.67 bits per heavy atom.